The number of sulfonamides is 1. The fourth-order valence-corrected chi connectivity index (χ4v) is 4.91. The number of aromatic carboxylic acids is 1. The number of carbonyl (C=O) groups excluding carboxylic acids is 3. The van der Waals surface area contributed by atoms with E-state index in [-0.39, 0.29) is 54.6 Å². The van der Waals surface area contributed by atoms with Crippen LogP contribution in [-0.4, -0.2) is 81.9 Å². The number of ether oxygens (including phenoxy) is 1. The monoisotopic (exact) mass is 620 g/mol. The molecule has 2 saturated carbocycles. The number of aliphatic carboxylic acids is 1. The molecule has 0 aliphatic heterocycles. The molecule has 18 heteroatoms. The molecule has 1 aromatic heterocycles. The Morgan fingerprint density at radius 3 is 2.09 bits per heavy atom. The summed E-state index contributed by atoms with van der Waals surface area (Å²) in [6.45, 7) is 1.97. The van der Waals surface area contributed by atoms with E-state index in [9.17, 15) is 37.5 Å². The van der Waals surface area contributed by atoms with E-state index in [4.69, 9.17) is 14.9 Å². The Morgan fingerprint density at radius 1 is 0.953 bits per heavy atom. The van der Waals surface area contributed by atoms with Crippen molar-refractivity contribution in [2.45, 2.75) is 37.5 Å². The zero-order valence-electron chi connectivity index (χ0n) is 22.9. The summed E-state index contributed by atoms with van der Waals surface area (Å²) in [4.78, 5) is 68.1. The number of rotatable bonds is 9. The number of anilines is 2. The molecule has 43 heavy (non-hydrogen) atoms. The van der Waals surface area contributed by atoms with Crippen LogP contribution in [-0.2, 0) is 24.4 Å². The smallest absolute Gasteiger partial charge is 0.337 e. The number of urea groups is 1. The standard InChI is InChI=1S/C14H16N6O6S.C11H12O5/c1-3-26-14-18-11(15-2)16-12(19-14)17-13(23)20-27(24,25)9-7-5-4-6-8(9)10(21)22;12-7-3-6(11(15)16)4-8(13)9(7)10(14)5-1-2-5/h4-7H,3H2,1-2H3,(H,21,22)(H3,15,16,17,18,19,20,23);5-6,14H,1-4H2,(H,15,16). The topological polar surface area (TPSA) is 264 Å². The Morgan fingerprint density at radius 2 is 1.56 bits per heavy atom. The van der Waals surface area contributed by atoms with E-state index in [0.29, 0.717) is 0 Å². The fourth-order valence-electron chi connectivity index (χ4n) is 3.80. The number of carbonyl (C=O) groups is 5. The van der Waals surface area contributed by atoms with E-state index in [1.54, 1.807) is 11.6 Å². The van der Waals surface area contributed by atoms with E-state index in [1.807, 2.05) is 0 Å². The number of aliphatic hydroxyl groups is 1. The van der Waals surface area contributed by atoms with Crippen LogP contribution >= 0.6 is 0 Å². The van der Waals surface area contributed by atoms with Crippen LogP contribution in [0.15, 0.2) is 40.5 Å². The highest BCUT2D eigenvalue weighted by atomic mass is 32.2. The minimum absolute atomic E-state index is 0.0655. The number of amides is 2. The summed E-state index contributed by atoms with van der Waals surface area (Å²) < 4.78 is 31.5. The van der Waals surface area contributed by atoms with Gasteiger partial charge in [0.2, 0.25) is 11.9 Å². The van der Waals surface area contributed by atoms with Crippen molar-refractivity contribution in [3.8, 4) is 6.01 Å². The molecular formula is C25H28N6O11S. The van der Waals surface area contributed by atoms with Crippen molar-refractivity contribution < 1.29 is 52.4 Å². The number of aliphatic hydroxyl groups excluding tert-OH is 1. The summed E-state index contributed by atoms with van der Waals surface area (Å²) in [6.07, 6.45) is 1.21. The lowest BCUT2D eigenvalue weighted by Crippen LogP contribution is -2.35. The van der Waals surface area contributed by atoms with Gasteiger partial charge in [-0.25, -0.2) is 22.7 Å². The van der Waals surface area contributed by atoms with Gasteiger partial charge >= 0.3 is 24.0 Å². The van der Waals surface area contributed by atoms with Gasteiger partial charge in [-0.2, -0.15) is 15.0 Å². The first-order valence-corrected chi connectivity index (χ1v) is 14.2. The SMILES string of the molecule is CCOc1nc(NC)nc(NC(=O)NS(=O)(=O)c2ccccc2C(=O)O)n1.O=C1CC(C(=O)O)CC(=O)C1=C(O)C1CC1. The second-order valence-corrected chi connectivity index (χ2v) is 10.8. The zero-order valence-corrected chi connectivity index (χ0v) is 23.7. The molecular weight excluding hydrogens is 592 g/mol. The fraction of sp³-hybridized carbons (Fsp3) is 0.360. The third kappa shape index (κ3) is 8.44. The third-order valence-corrected chi connectivity index (χ3v) is 7.35. The van der Waals surface area contributed by atoms with Crippen molar-refractivity contribution in [2.24, 2.45) is 11.8 Å². The number of hydrogen-bond acceptors (Lipinski definition) is 13. The molecule has 2 amide bonds. The van der Waals surface area contributed by atoms with Crippen molar-refractivity contribution in [3.05, 3.63) is 41.2 Å². The van der Waals surface area contributed by atoms with Crippen molar-refractivity contribution >= 4 is 51.5 Å². The van der Waals surface area contributed by atoms with Crippen LogP contribution in [0.2, 0.25) is 0 Å². The van der Waals surface area contributed by atoms with Crippen LogP contribution in [0.3, 0.4) is 0 Å². The minimum atomic E-state index is -4.45. The summed E-state index contributed by atoms with van der Waals surface area (Å²) >= 11 is 0. The molecule has 1 aromatic carbocycles. The molecule has 2 fully saturated rings. The van der Waals surface area contributed by atoms with Gasteiger partial charge in [0.05, 0.1) is 23.7 Å². The normalized spacial score (nSPS) is 16.3. The van der Waals surface area contributed by atoms with Crippen LogP contribution in [0.4, 0.5) is 16.7 Å². The molecule has 0 atom stereocenters. The molecule has 2 aromatic rings. The molecule has 0 saturated heterocycles. The second-order valence-electron chi connectivity index (χ2n) is 9.13. The van der Waals surface area contributed by atoms with Gasteiger partial charge in [-0.1, -0.05) is 12.1 Å². The summed E-state index contributed by atoms with van der Waals surface area (Å²) in [5.41, 5.74) is -0.630. The number of allylic oxidation sites excluding steroid dienone is 2. The number of nitrogens with zero attached hydrogens (tertiary/aromatic N) is 3. The quantitative estimate of drug-likeness (QED) is 0.131. The van der Waals surface area contributed by atoms with Crippen LogP contribution < -0.4 is 20.1 Å². The van der Waals surface area contributed by atoms with E-state index < -0.39 is 55.9 Å². The average molecular weight is 621 g/mol. The highest BCUT2D eigenvalue weighted by Crippen LogP contribution is 2.38. The number of Topliss-reactive ketones (excluding diaryl/α,β-unsaturated/α-hetero) is 2. The first kappa shape index (κ1) is 32.4. The molecule has 0 unspecified atom stereocenters. The van der Waals surface area contributed by atoms with Gasteiger partial charge in [0, 0.05) is 25.8 Å². The van der Waals surface area contributed by atoms with Gasteiger partial charge in [-0.15, -0.1) is 0 Å². The molecule has 2 aliphatic rings. The van der Waals surface area contributed by atoms with Crippen LogP contribution in [0.25, 0.3) is 0 Å². The van der Waals surface area contributed by atoms with Crippen LogP contribution in [0, 0.1) is 11.8 Å². The van der Waals surface area contributed by atoms with Crippen LogP contribution in [0.5, 0.6) is 6.01 Å². The Balaban J connectivity index is 0.000000268. The van der Waals surface area contributed by atoms with Gasteiger partial charge in [0.15, 0.2) is 11.6 Å². The third-order valence-electron chi connectivity index (χ3n) is 5.96. The summed E-state index contributed by atoms with van der Waals surface area (Å²) in [5, 5.41) is 32.3. The Bertz CT molecular complexity index is 1570. The summed E-state index contributed by atoms with van der Waals surface area (Å²) in [5.74, 6) is -4.96. The Kier molecular flexibility index (Phi) is 10.3. The van der Waals surface area contributed by atoms with Crippen molar-refractivity contribution in [1.82, 2.24) is 19.7 Å². The van der Waals surface area contributed by atoms with Gasteiger partial charge in [-0.3, -0.25) is 19.7 Å². The number of aromatic nitrogens is 3. The highest BCUT2D eigenvalue weighted by molar-refractivity contribution is 7.90. The number of nitrogens with one attached hydrogen (secondary N) is 3. The van der Waals surface area contributed by atoms with Gasteiger partial charge in [0.25, 0.3) is 10.0 Å². The largest absolute Gasteiger partial charge is 0.511 e. The molecule has 0 radical (unpaired) electrons. The maximum atomic E-state index is 12.3. The summed E-state index contributed by atoms with van der Waals surface area (Å²) in [6, 6.07) is 3.60. The van der Waals surface area contributed by atoms with E-state index in [2.05, 4.69) is 25.6 Å². The minimum Gasteiger partial charge on any atom is -0.511 e. The first-order valence-electron chi connectivity index (χ1n) is 12.7. The molecule has 1 heterocycles. The number of carboxylic acid groups (broad SMARTS) is 2. The molecule has 17 nitrogen and oxygen atoms in total. The van der Waals surface area contributed by atoms with Crippen molar-refractivity contribution in [2.75, 3.05) is 24.3 Å². The van der Waals surface area contributed by atoms with Gasteiger partial charge in [-0.05, 0) is 31.9 Å². The first-order chi connectivity index (χ1) is 20.3. The lowest BCUT2D eigenvalue weighted by molar-refractivity contribution is -0.146. The molecule has 2 aliphatic carbocycles. The molecule has 0 spiro atoms. The van der Waals surface area contributed by atoms with Crippen LogP contribution in [0.1, 0.15) is 43.0 Å². The maximum Gasteiger partial charge on any atom is 0.337 e. The average Bonchev–Trinajstić information content (AvgIpc) is 3.78. The Hall–Kier alpha value is -5.13. The van der Waals surface area contributed by atoms with Crippen molar-refractivity contribution in [1.29, 1.82) is 0 Å². The zero-order chi connectivity index (χ0) is 31.9. The number of ketones is 2. The lowest BCUT2D eigenvalue weighted by atomic mass is 9.83. The number of hydrogen-bond donors (Lipinski definition) is 6. The molecule has 6 N–H and O–H groups in total. The van der Waals surface area contributed by atoms with Gasteiger partial charge in [0.1, 0.15) is 10.7 Å². The molecule has 0 bridgehead atoms. The highest BCUT2D eigenvalue weighted by Gasteiger charge is 2.39. The maximum absolute atomic E-state index is 12.3. The predicted octanol–water partition coefficient (Wildman–Crippen LogP) is 1.36. The number of benzene rings is 1. The van der Waals surface area contributed by atoms with E-state index in [1.165, 1.54) is 19.2 Å². The predicted molar refractivity (Wildman–Crippen MR) is 146 cm³/mol. The van der Waals surface area contributed by atoms with Gasteiger partial charge < -0.3 is 25.4 Å². The molecule has 4 rings (SSSR count). The lowest BCUT2D eigenvalue weighted by Gasteiger charge is -2.19. The van der Waals surface area contributed by atoms with Crippen molar-refractivity contribution in [3.63, 3.8) is 0 Å². The molecule has 230 valence electrons. The second kappa shape index (κ2) is 13.7. The van der Waals surface area contributed by atoms with E-state index in [0.717, 1.165) is 25.0 Å². The van der Waals surface area contributed by atoms with E-state index >= 15 is 0 Å². The summed E-state index contributed by atoms with van der Waals surface area (Å²) in [7, 11) is -2.92. The Labute approximate surface area is 244 Å². The number of carboxylic acids is 2.